The van der Waals surface area contributed by atoms with Gasteiger partial charge in [-0.15, -0.1) is 0 Å². The molecule has 33 heavy (non-hydrogen) atoms. The SMILES string of the molecule is COc1cc(/C=C(\C#N)C(=O)Nc2ccc(O)cc2)cc(Cl)c1OCc1cc(C)cc(C)c1. The van der Waals surface area contributed by atoms with E-state index in [1.54, 1.807) is 12.1 Å². The summed E-state index contributed by atoms with van der Waals surface area (Å²) in [5.41, 5.74) is 4.12. The summed E-state index contributed by atoms with van der Waals surface area (Å²) in [5.74, 6) is 0.246. The Hall–Kier alpha value is -3.95. The highest BCUT2D eigenvalue weighted by Crippen LogP contribution is 2.37. The van der Waals surface area contributed by atoms with E-state index in [2.05, 4.69) is 11.4 Å². The number of hydrogen-bond acceptors (Lipinski definition) is 5. The van der Waals surface area contributed by atoms with Crippen LogP contribution in [0.2, 0.25) is 5.02 Å². The van der Waals surface area contributed by atoms with E-state index in [-0.39, 0.29) is 11.3 Å². The van der Waals surface area contributed by atoms with Crippen LogP contribution < -0.4 is 14.8 Å². The average Bonchev–Trinajstić information content (AvgIpc) is 2.77. The topological polar surface area (TPSA) is 91.6 Å². The van der Waals surface area contributed by atoms with Crippen LogP contribution in [0.15, 0.2) is 60.2 Å². The fourth-order valence-electron chi connectivity index (χ4n) is 3.33. The number of methoxy groups -OCH3 is 1. The smallest absolute Gasteiger partial charge is 0.266 e. The van der Waals surface area contributed by atoms with Crippen LogP contribution in [0.25, 0.3) is 6.08 Å². The molecule has 0 unspecified atom stereocenters. The number of nitrogens with zero attached hydrogens (tertiary/aromatic N) is 1. The number of nitriles is 1. The molecule has 0 fully saturated rings. The van der Waals surface area contributed by atoms with Gasteiger partial charge in [-0.25, -0.2) is 0 Å². The quantitative estimate of drug-likeness (QED) is 0.263. The number of nitrogens with one attached hydrogen (secondary N) is 1. The van der Waals surface area contributed by atoms with Gasteiger partial charge in [-0.3, -0.25) is 4.79 Å². The minimum Gasteiger partial charge on any atom is -0.508 e. The molecule has 0 radical (unpaired) electrons. The highest BCUT2D eigenvalue weighted by atomic mass is 35.5. The van der Waals surface area contributed by atoms with Gasteiger partial charge in [-0.05, 0) is 67.4 Å². The summed E-state index contributed by atoms with van der Waals surface area (Å²) in [6.45, 7) is 4.36. The van der Waals surface area contributed by atoms with Crippen molar-refractivity contribution in [3.05, 3.63) is 87.4 Å². The molecule has 0 aliphatic heterocycles. The molecule has 6 nitrogen and oxygen atoms in total. The first-order chi connectivity index (χ1) is 15.8. The minimum absolute atomic E-state index is 0.0747. The lowest BCUT2D eigenvalue weighted by Crippen LogP contribution is -2.13. The van der Waals surface area contributed by atoms with Crippen LogP contribution in [0, 0.1) is 25.2 Å². The van der Waals surface area contributed by atoms with E-state index in [1.165, 1.54) is 37.5 Å². The number of hydrogen-bond donors (Lipinski definition) is 2. The summed E-state index contributed by atoms with van der Waals surface area (Å²) in [4.78, 5) is 12.5. The lowest BCUT2D eigenvalue weighted by atomic mass is 10.1. The third-order valence-electron chi connectivity index (χ3n) is 4.72. The molecule has 7 heteroatoms. The Morgan fingerprint density at radius 1 is 1.12 bits per heavy atom. The van der Waals surface area contributed by atoms with Gasteiger partial charge in [-0.1, -0.05) is 40.9 Å². The van der Waals surface area contributed by atoms with Crippen molar-refractivity contribution >= 4 is 29.3 Å². The molecular weight excluding hydrogens is 440 g/mol. The molecule has 0 saturated heterocycles. The number of aryl methyl sites for hydroxylation is 2. The van der Waals surface area contributed by atoms with Gasteiger partial charge in [0.1, 0.15) is 24.0 Å². The lowest BCUT2D eigenvalue weighted by molar-refractivity contribution is -0.112. The number of carbonyl (C=O) groups excluding carboxylic acids is 1. The number of anilines is 1. The van der Waals surface area contributed by atoms with Crippen molar-refractivity contribution in [2.24, 2.45) is 0 Å². The van der Waals surface area contributed by atoms with E-state index in [0.29, 0.717) is 34.4 Å². The number of aromatic hydroxyl groups is 1. The normalized spacial score (nSPS) is 10.9. The predicted molar refractivity (Wildman–Crippen MR) is 129 cm³/mol. The first kappa shape index (κ1) is 23.7. The summed E-state index contributed by atoms with van der Waals surface area (Å²) in [7, 11) is 1.49. The number of amides is 1. The zero-order valence-electron chi connectivity index (χ0n) is 18.5. The van der Waals surface area contributed by atoms with E-state index in [4.69, 9.17) is 21.1 Å². The first-order valence-electron chi connectivity index (χ1n) is 10.1. The molecular formula is C26H23ClN2O4. The van der Waals surface area contributed by atoms with Crippen molar-refractivity contribution in [2.75, 3.05) is 12.4 Å². The number of halogens is 1. The van der Waals surface area contributed by atoms with Crippen LogP contribution in [-0.2, 0) is 11.4 Å². The molecule has 2 N–H and O–H groups in total. The number of carbonyl (C=O) groups is 1. The van der Waals surface area contributed by atoms with Gasteiger partial charge in [0, 0.05) is 5.69 Å². The number of rotatable bonds is 7. The average molecular weight is 463 g/mol. The molecule has 0 aliphatic rings. The van der Waals surface area contributed by atoms with Crippen molar-refractivity contribution in [1.82, 2.24) is 0 Å². The zero-order chi connectivity index (χ0) is 24.0. The van der Waals surface area contributed by atoms with Crippen LogP contribution in [0.1, 0.15) is 22.3 Å². The number of phenolic OH excluding ortho intramolecular Hbond substituents is 1. The van der Waals surface area contributed by atoms with E-state index < -0.39 is 5.91 Å². The maximum atomic E-state index is 12.5. The maximum Gasteiger partial charge on any atom is 0.266 e. The zero-order valence-corrected chi connectivity index (χ0v) is 19.2. The molecule has 0 atom stereocenters. The third-order valence-corrected chi connectivity index (χ3v) is 5.00. The van der Waals surface area contributed by atoms with Crippen LogP contribution in [0.5, 0.6) is 17.2 Å². The van der Waals surface area contributed by atoms with Gasteiger partial charge in [0.15, 0.2) is 11.5 Å². The second kappa shape index (κ2) is 10.6. The Morgan fingerprint density at radius 3 is 2.39 bits per heavy atom. The Bertz CT molecular complexity index is 1220. The molecule has 3 aromatic carbocycles. The van der Waals surface area contributed by atoms with Gasteiger partial charge in [-0.2, -0.15) is 5.26 Å². The highest BCUT2D eigenvalue weighted by Gasteiger charge is 2.15. The Morgan fingerprint density at radius 2 is 1.79 bits per heavy atom. The molecule has 0 aromatic heterocycles. The monoisotopic (exact) mass is 462 g/mol. The lowest BCUT2D eigenvalue weighted by Gasteiger charge is -2.14. The molecule has 3 aromatic rings. The summed E-state index contributed by atoms with van der Waals surface area (Å²) in [6.07, 6.45) is 1.41. The second-order valence-corrected chi connectivity index (χ2v) is 7.90. The Balaban J connectivity index is 1.82. The summed E-state index contributed by atoms with van der Waals surface area (Å²) < 4.78 is 11.4. The second-order valence-electron chi connectivity index (χ2n) is 7.49. The first-order valence-corrected chi connectivity index (χ1v) is 10.5. The highest BCUT2D eigenvalue weighted by molar-refractivity contribution is 6.32. The van der Waals surface area contributed by atoms with Crippen molar-refractivity contribution < 1.29 is 19.4 Å². The Kier molecular flexibility index (Phi) is 7.60. The number of phenols is 1. The van der Waals surface area contributed by atoms with Gasteiger partial charge in [0.25, 0.3) is 5.91 Å². The molecule has 0 bridgehead atoms. The fraction of sp³-hybridized carbons (Fsp3) is 0.154. The molecule has 0 heterocycles. The molecule has 0 aliphatic carbocycles. The third kappa shape index (κ3) is 6.28. The summed E-state index contributed by atoms with van der Waals surface area (Å²) in [6, 6.07) is 17.2. The summed E-state index contributed by atoms with van der Waals surface area (Å²) in [5, 5.41) is 21.7. The predicted octanol–water partition coefficient (Wildman–Crippen LogP) is 5.80. The number of benzene rings is 3. The van der Waals surface area contributed by atoms with Gasteiger partial charge in [0.2, 0.25) is 0 Å². The van der Waals surface area contributed by atoms with Crippen LogP contribution in [0.4, 0.5) is 5.69 Å². The van der Waals surface area contributed by atoms with E-state index in [0.717, 1.165) is 16.7 Å². The molecule has 1 amide bonds. The van der Waals surface area contributed by atoms with E-state index >= 15 is 0 Å². The molecule has 0 saturated carbocycles. The van der Waals surface area contributed by atoms with E-state index in [1.807, 2.05) is 32.0 Å². The van der Waals surface area contributed by atoms with Crippen LogP contribution in [-0.4, -0.2) is 18.1 Å². The van der Waals surface area contributed by atoms with Crippen molar-refractivity contribution in [1.29, 1.82) is 5.26 Å². The maximum absolute atomic E-state index is 12.5. The molecule has 168 valence electrons. The van der Waals surface area contributed by atoms with Crippen molar-refractivity contribution in [2.45, 2.75) is 20.5 Å². The van der Waals surface area contributed by atoms with Gasteiger partial charge in [0.05, 0.1) is 12.1 Å². The Labute approximate surface area is 197 Å². The van der Waals surface area contributed by atoms with Crippen molar-refractivity contribution in [3.8, 4) is 23.3 Å². The van der Waals surface area contributed by atoms with Crippen LogP contribution in [0.3, 0.4) is 0 Å². The minimum atomic E-state index is -0.589. The van der Waals surface area contributed by atoms with E-state index in [9.17, 15) is 15.2 Å². The van der Waals surface area contributed by atoms with Crippen LogP contribution >= 0.6 is 11.6 Å². The summed E-state index contributed by atoms with van der Waals surface area (Å²) >= 11 is 6.45. The fourth-order valence-corrected chi connectivity index (χ4v) is 3.60. The van der Waals surface area contributed by atoms with Crippen molar-refractivity contribution in [3.63, 3.8) is 0 Å². The standard InChI is InChI=1S/C26H23ClN2O4/c1-16-8-17(2)10-19(9-16)15-33-25-23(27)12-18(13-24(25)32-3)11-20(14-28)26(31)29-21-4-6-22(30)7-5-21/h4-13,30H,15H2,1-3H3,(H,29,31)/b20-11+. The van der Waals surface area contributed by atoms with Gasteiger partial charge >= 0.3 is 0 Å². The van der Waals surface area contributed by atoms with Gasteiger partial charge < -0.3 is 19.9 Å². The number of ether oxygens (including phenoxy) is 2. The largest absolute Gasteiger partial charge is 0.508 e. The molecule has 0 spiro atoms. The molecule has 3 rings (SSSR count).